The molecule has 0 saturated carbocycles. The third-order valence-corrected chi connectivity index (χ3v) is 4.50. The molecule has 0 bridgehead atoms. The minimum Gasteiger partial charge on any atom is -0.497 e. The zero-order valence-electron chi connectivity index (χ0n) is 10.7. The summed E-state index contributed by atoms with van der Waals surface area (Å²) in [6, 6.07) is 14.9. The van der Waals surface area contributed by atoms with E-state index in [4.69, 9.17) is 16.3 Å². The minimum atomic E-state index is -0.0566. The van der Waals surface area contributed by atoms with Gasteiger partial charge in [-0.3, -0.25) is 4.79 Å². The van der Waals surface area contributed by atoms with Crippen LogP contribution in [0.25, 0.3) is 10.1 Å². The molecule has 100 valence electrons. The number of benzene rings is 2. The van der Waals surface area contributed by atoms with E-state index in [0.717, 1.165) is 10.1 Å². The fourth-order valence-electron chi connectivity index (χ4n) is 2.03. The van der Waals surface area contributed by atoms with E-state index < -0.39 is 0 Å². The lowest BCUT2D eigenvalue weighted by molar-refractivity contribution is 0.104. The molecule has 0 saturated heterocycles. The number of methoxy groups -OCH3 is 1. The number of ether oxygens (including phenoxy) is 1. The second-order valence-electron chi connectivity index (χ2n) is 4.32. The summed E-state index contributed by atoms with van der Waals surface area (Å²) >= 11 is 7.63. The van der Waals surface area contributed by atoms with Crippen molar-refractivity contribution in [2.24, 2.45) is 0 Å². The van der Waals surface area contributed by atoms with E-state index in [2.05, 4.69) is 0 Å². The monoisotopic (exact) mass is 302 g/mol. The molecule has 3 aromatic rings. The molecule has 0 aliphatic rings. The van der Waals surface area contributed by atoms with Crippen molar-refractivity contribution >= 4 is 38.8 Å². The van der Waals surface area contributed by atoms with Gasteiger partial charge in [0.25, 0.3) is 0 Å². The lowest BCUT2D eigenvalue weighted by Gasteiger charge is -2.04. The van der Waals surface area contributed by atoms with E-state index in [-0.39, 0.29) is 5.78 Å². The van der Waals surface area contributed by atoms with Crippen molar-refractivity contribution < 1.29 is 9.53 Å². The molecule has 1 heterocycles. The number of fused-ring (bicyclic) bond motifs is 1. The molecule has 0 aliphatic heterocycles. The largest absolute Gasteiger partial charge is 0.497 e. The molecule has 0 radical (unpaired) electrons. The summed E-state index contributed by atoms with van der Waals surface area (Å²) in [5.41, 5.74) is 0.499. The van der Waals surface area contributed by atoms with Gasteiger partial charge in [0.1, 0.15) is 5.75 Å². The van der Waals surface area contributed by atoms with Crippen LogP contribution in [-0.2, 0) is 0 Å². The molecule has 1 aromatic heterocycles. The van der Waals surface area contributed by atoms with Gasteiger partial charge in [-0.05, 0) is 35.7 Å². The molecule has 2 aromatic carbocycles. The number of carbonyl (C=O) groups excluding carboxylic acids is 1. The van der Waals surface area contributed by atoms with Gasteiger partial charge >= 0.3 is 0 Å². The van der Waals surface area contributed by atoms with Crippen molar-refractivity contribution in [3.63, 3.8) is 0 Å². The number of ketones is 1. The van der Waals surface area contributed by atoms with Crippen LogP contribution in [0.2, 0.25) is 5.02 Å². The van der Waals surface area contributed by atoms with Crippen LogP contribution in [-0.4, -0.2) is 12.9 Å². The van der Waals surface area contributed by atoms with Crippen molar-refractivity contribution in [3.8, 4) is 5.75 Å². The second-order valence-corrected chi connectivity index (χ2v) is 5.81. The molecule has 0 unspecified atom stereocenters. The summed E-state index contributed by atoms with van der Waals surface area (Å²) in [5, 5.41) is 1.48. The number of carbonyl (C=O) groups is 1. The summed E-state index contributed by atoms with van der Waals surface area (Å²) < 4.78 is 6.19. The molecule has 2 nitrogen and oxygen atoms in total. The molecule has 0 amide bonds. The lowest BCUT2D eigenvalue weighted by atomic mass is 10.1. The van der Waals surface area contributed by atoms with Gasteiger partial charge in [-0.2, -0.15) is 0 Å². The van der Waals surface area contributed by atoms with Gasteiger partial charge in [0, 0.05) is 10.3 Å². The number of halogens is 1. The van der Waals surface area contributed by atoms with Crippen LogP contribution in [0.5, 0.6) is 5.75 Å². The molecule has 3 rings (SSSR count). The van der Waals surface area contributed by atoms with Crippen LogP contribution >= 0.6 is 22.9 Å². The Bertz CT molecular complexity index is 759. The third kappa shape index (κ3) is 2.30. The lowest BCUT2D eigenvalue weighted by Crippen LogP contribution is -1.99. The normalized spacial score (nSPS) is 10.7. The van der Waals surface area contributed by atoms with Crippen LogP contribution in [0.1, 0.15) is 15.2 Å². The first-order valence-corrected chi connectivity index (χ1v) is 7.25. The molecular weight excluding hydrogens is 292 g/mol. The highest BCUT2D eigenvalue weighted by Crippen LogP contribution is 2.30. The Morgan fingerprint density at radius 3 is 2.65 bits per heavy atom. The highest BCUT2D eigenvalue weighted by Gasteiger charge is 2.16. The molecule has 0 spiro atoms. The molecule has 0 N–H and O–H groups in total. The van der Waals surface area contributed by atoms with Crippen molar-refractivity contribution in [3.05, 3.63) is 64.0 Å². The van der Waals surface area contributed by atoms with Gasteiger partial charge in [0.05, 0.1) is 17.0 Å². The third-order valence-electron chi connectivity index (χ3n) is 3.07. The van der Waals surface area contributed by atoms with Gasteiger partial charge in [-0.1, -0.05) is 29.8 Å². The summed E-state index contributed by atoms with van der Waals surface area (Å²) in [4.78, 5) is 13.2. The van der Waals surface area contributed by atoms with Gasteiger partial charge in [0.2, 0.25) is 5.78 Å². The number of hydrogen-bond donors (Lipinski definition) is 0. The molecule has 0 atom stereocenters. The van der Waals surface area contributed by atoms with Gasteiger partial charge < -0.3 is 4.74 Å². The van der Waals surface area contributed by atoms with E-state index in [9.17, 15) is 4.79 Å². The van der Waals surface area contributed by atoms with E-state index >= 15 is 0 Å². The molecule has 0 aliphatic carbocycles. The van der Waals surface area contributed by atoms with Crippen LogP contribution < -0.4 is 4.74 Å². The summed E-state index contributed by atoms with van der Waals surface area (Å²) in [6.45, 7) is 0. The van der Waals surface area contributed by atoms with Crippen molar-refractivity contribution in [2.75, 3.05) is 7.11 Å². The Hall–Kier alpha value is -1.84. The quantitative estimate of drug-likeness (QED) is 0.650. The molecule has 20 heavy (non-hydrogen) atoms. The Morgan fingerprint density at radius 2 is 1.95 bits per heavy atom. The molecule has 4 heteroatoms. The van der Waals surface area contributed by atoms with Crippen LogP contribution in [0.3, 0.4) is 0 Å². The number of hydrogen-bond acceptors (Lipinski definition) is 3. The standard InChI is InChI=1S/C16H11ClO2S/c1-19-11-6-7-12(13(17)9-11)16(18)15-8-10-4-2-3-5-14(10)20-15/h2-9H,1H3. The summed E-state index contributed by atoms with van der Waals surface area (Å²) in [5.74, 6) is 0.585. The summed E-state index contributed by atoms with van der Waals surface area (Å²) in [7, 11) is 1.57. The first-order valence-electron chi connectivity index (χ1n) is 6.06. The number of rotatable bonds is 3. The SMILES string of the molecule is COc1ccc(C(=O)c2cc3ccccc3s2)c(Cl)c1. The van der Waals surface area contributed by atoms with Crippen molar-refractivity contribution in [1.82, 2.24) is 0 Å². The maximum atomic E-state index is 12.5. The topological polar surface area (TPSA) is 26.3 Å². The van der Waals surface area contributed by atoms with E-state index in [1.165, 1.54) is 11.3 Å². The Morgan fingerprint density at radius 1 is 1.15 bits per heavy atom. The Balaban J connectivity index is 2.03. The van der Waals surface area contributed by atoms with Crippen LogP contribution in [0.4, 0.5) is 0 Å². The van der Waals surface area contributed by atoms with Crippen LogP contribution in [0, 0.1) is 0 Å². The zero-order chi connectivity index (χ0) is 14.1. The van der Waals surface area contributed by atoms with Crippen molar-refractivity contribution in [2.45, 2.75) is 0 Å². The smallest absolute Gasteiger partial charge is 0.204 e. The average Bonchev–Trinajstić information content (AvgIpc) is 2.90. The van der Waals surface area contributed by atoms with Gasteiger partial charge in [-0.15, -0.1) is 11.3 Å². The highest BCUT2D eigenvalue weighted by molar-refractivity contribution is 7.21. The predicted molar refractivity (Wildman–Crippen MR) is 83.3 cm³/mol. The summed E-state index contributed by atoms with van der Waals surface area (Å²) in [6.07, 6.45) is 0. The first-order chi connectivity index (χ1) is 9.69. The van der Waals surface area contributed by atoms with Crippen molar-refractivity contribution in [1.29, 1.82) is 0 Å². The zero-order valence-corrected chi connectivity index (χ0v) is 12.3. The van der Waals surface area contributed by atoms with E-state index in [0.29, 0.717) is 21.2 Å². The van der Waals surface area contributed by atoms with Gasteiger partial charge in [-0.25, -0.2) is 0 Å². The molecule has 0 fully saturated rings. The Labute approximate surface area is 125 Å². The number of thiophene rings is 1. The maximum absolute atomic E-state index is 12.5. The average molecular weight is 303 g/mol. The highest BCUT2D eigenvalue weighted by atomic mass is 35.5. The fourth-order valence-corrected chi connectivity index (χ4v) is 3.31. The van der Waals surface area contributed by atoms with Gasteiger partial charge in [0.15, 0.2) is 0 Å². The minimum absolute atomic E-state index is 0.0566. The van der Waals surface area contributed by atoms with E-state index in [1.54, 1.807) is 25.3 Å². The maximum Gasteiger partial charge on any atom is 0.204 e. The predicted octanol–water partition coefficient (Wildman–Crippen LogP) is 4.79. The second kappa shape index (κ2) is 5.27. The first kappa shape index (κ1) is 13.2. The fraction of sp³-hybridized carbons (Fsp3) is 0.0625. The molecular formula is C16H11ClO2S. The van der Waals surface area contributed by atoms with Crippen LogP contribution in [0.15, 0.2) is 48.5 Å². The van der Waals surface area contributed by atoms with E-state index in [1.807, 2.05) is 30.3 Å². The Kier molecular flexibility index (Phi) is 3.47.